The maximum atomic E-state index is 12.6. The second-order valence-electron chi connectivity index (χ2n) is 4.18. The molecule has 7 nitrogen and oxygen atoms in total. The van der Waals surface area contributed by atoms with Crippen molar-refractivity contribution in [1.29, 1.82) is 0 Å². The van der Waals surface area contributed by atoms with Gasteiger partial charge in [-0.15, -0.1) is 0 Å². The van der Waals surface area contributed by atoms with E-state index >= 15 is 0 Å². The summed E-state index contributed by atoms with van der Waals surface area (Å²) in [4.78, 5) is 13.3. The third-order valence-corrected chi connectivity index (χ3v) is 2.38. The monoisotopic (exact) mass is 305 g/mol. The van der Waals surface area contributed by atoms with E-state index in [1.807, 2.05) is 13.8 Å². The molecule has 0 radical (unpaired) electrons. The number of anilines is 2. The fraction of sp³-hybridized carbons (Fsp3) is 0.750. The predicted octanol–water partition coefficient (Wildman–Crippen LogP) is 1.16. The lowest BCUT2D eigenvalue weighted by atomic mass is 10.5. The van der Waals surface area contributed by atoms with Crippen molar-refractivity contribution >= 4 is 11.9 Å². The smallest absolute Gasteiger partial charge is 0.323 e. The molecule has 0 aromatic carbocycles. The summed E-state index contributed by atoms with van der Waals surface area (Å²) in [6.07, 6.45) is -1.79. The van der Waals surface area contributed by atoms with Gasteiger partial charge in [0.1, 0.15) is 0 Å². The number of halogens is 2. The number of nitrogens with zero attached hydrogens (tertiary/aromatic N) is 4. The van der Waals surface area contributed by atoms with Crippen LogP contribution in [0.2, 0.25) is 0 Å². The van der Waals surface area contributed by atoms with E-state index in [1.54, 1.807) is 0 Å². The van der Waals surface area contributed by atoms with E-state index in [0.29, 0.717) is 13.2 Å². The number of aliphatic hydroxyl groups excluding tert-OH is 1. The largest absolute Gasteiger partial charge is 0.463 e. The zero-order valence-electron chi connectivity index (χ0n) is 12.2. The molecule has 0 spiro atoms. The Morgan fingerprint density at radius 2 is 2.05 bits per heavy atom. The molecular weight excluding hydrogens is 284 g/mol. The van der Waals surface area contributed by atoms with Gasteiger partial charge in [0.05, 0.1) is 19.8 Å². The van der Waals surface area contributed by atoms with E-state index in [2.05, 4.69) is 20.3 Å². The Kier molecular flexibility index (Phi) is 7.59. The van der Waals surface area contributed by atoms with Crippen molar-refractivity contribution in [2.45, 2.75) is 26.7 Å². The normalized spacial score (nSPS) is 10.8. The van der Waals surface area contributed by atoms with Crippen LogP contribution in [0.15, 0.2) is 0 Å². The highest BCUT2D eigenvalue weighted by molar-refractivity contribution is 5.38. The van der Waals surface area contributed by atoms with E-state index in [1.165, 1.54) is 4.90 Å². The summed E-state index contributed by atoms with van der Waals surface area (Å²) in [6, 6.07) is 0.0787. The Bertz CT molecular complexity index is 423. The van der Waals surface area contributed by atoms with Gasteiger partial charge in [0.15, 0.2) is 0 Å². The van der Waals surface area contributed by atoms with Gasteiger partial charge in [0.25, 0.3) is 6.43 Å². The van der Waals surface area contributed by atoms with E-state index < -0.39 is 13.0 Å². The number of rotatable bonds is 10. The summed E-state index contributed by atoms with van der Waals surface area (Å²) < 4.78 is 30.5. The fourth-order valence-electron chi connectivity index (χ4n) is 1.54. The molecule has 0 fully saturated rings. The van der Waals surface area contributed by atoms with Crippen LogP contribution in [0.4, 0.5) is 20.7 Å². The molecule has 21 heavy (non-hydrogen) atoms. The summed E-state index contributed by atoms with van der Waals surface area (Å²) in [5.41, 5.74) is 0. The van der Waals surface area contributed by atoms with Gasteiger partial charge in [-0.05, 0) is 13.3 Å². The highest BCUT2D eigenvalue weighted by atomic mass is 19.3. The molecule has 1 heterocycles. The lowest BCUT2D eigenvalue weighted by Crippen LogP contribution is -2.33. The molecule has 1 aromatic rings. The number of ether oxygens (including phenoxy) is 1. The number of aliphatic hydroxyl groups is 1. The standard InChI is InChI=1S/C12H21F2N5O2/c1-3-7-21-12-17-10(15-4-2)16-11(18-12)19(5-6-20)8-9(13)14/h9,20H,3-8H2,1-2H3,(H,15,16,17,18). The summed E-state index contributed by atoms with van der Waals surface area (Å²) in [5, 5.41) is 11.9. The van der Waals surface area contributed by atoms with E-state index in [9.17, 15) is 8.78 Å². The number of hydrogen-bond donors (Lipinski definition) is 2. The Balaban J connectivity index is 3.01. The zero-order valence-corrected chi connectivity index (χ0v) is 12.2. The third-order valence-electron chi connectivity index (χ3n) is 2.38. The molecule has 1 rings (SSSR count). The van der Waals surface area contributed by atoms with Crippen molar-refractivity contribution in [1.82, 2.24) is 15.0 Å². The van der Waals surface area contributed by atoms with Gasteiger partial charge in [0, 0.05) is 13.1 Å². The van der Waals surface area contributed by atoms with Crippen molar-refractivity contribution < 1.29 is 18.6 Å². The van der Waals surface area contributed by atoms with Gasteiger partial charge < -0.3 is 20.1 Å². The van der Waals surface area contributed by atoms with Gasteiger partial charge in [-0.25, -0.2) is 8.78 Å². The van der Waals surface area contributed by atoms with Crippen LogP contribution >= 0.6 is 0 Å². The molecule has 0 saturated heterocycles. The SMILES string of the molecule is CCCOc1nc(NCC)nc(N(CCO)CC(F)F)n1. The van der Waals surface area contributed by atoms with Crippen molar-refractivity contribution in [3.63, 3.8) is 0 Å². The Hall–Kier alpha value is -1.77. The van der Waals surface area contributed by atoms with E-state index in [4.69, 9.17) is 9.84 Å². The van der Waals surface area contributed by atoms with Crippen LogP contribution in [0.1, 0.15) is 20.3 Å². The Morgan fingerprint density at radius 3 is 2.62 bits per heavy atom. The highest BCUT2D eigenvalue weighted by Crippen LogP contribution is 2.16. The first-order chi connectivity index (χ1) is 10.1. The molecule has 0 aliphatic rings. The molecule has 0 unspecified atom stereocenters. The van der Waals surface area contributed by atoms with Gasteiger partial charge in [0.2, 0.25) is 11.9 Å². The first-order valence-electron chi connectivity index (χ1n) is 6.87. The molecule has 9 heteroatoms. The Morgan fingerprint density at radius 1 is 1.29 bits per heavy atom. The van der Waals surface area contributed by atoms with Gasteiger partial charge in [-0.3, -0.25) is 0 Å². The highest BCUT2D eigenvalue weighted by Gasteiger charge is 2.17. The molecule has 0 aliphatic heterocycles. The van der Waals surface area contributed by atoms with Crippen LogP contribution in [0.5, 0.6) is 6.01 Å². The molecule has 0 saturated carbocycles. The van der Waals surface area contributed by atoms with Crippen LogP contribution in [-0.4, -0.2) is 59.3 Å². The summed E-state index contributed by atoms with van der Waals surface area (Å²) >= 11 is 0. The van der Waals surface area contributed by atoms with Gasteiger partial charge >= 0.3 is 6.01 Å². The van der Waals surface area contributed by atoms with Crippen LogP contribution in [0.25, 0.3) is 0 Å². The Labute approximate surface area is 122 Å². The maximum absolute atomic E-state index is 12.6. The molecule has 1 aromatic heterocycles. The molecule has 0 atom stereocenters. The molecule has 2 N–H and O–H groups in total. The van der Waals surface area contributed by atoms with Gasteiger partial charge in [-0.2, -0.15) is 15.0 Å². The topological polar surface area (TPSA) is 83.4 Å². The second kappa shape index (κ2) is 9.22. The number of aromatic nitrogens is 3. The average molecular weight is 305 g/mol. The number of nitrogens with one attached hydrogen (secondary N) is 1. The first kappa shape index (κ1) is 17.3. The third kappa shape index (κ3) is 6.03. The van der Waals surface area contributed by atoms with Crippen LogP contribution in [0, 0.1) is 0 Å². The minimum Gasteiger partial charge on any atom is -0.463 e. The minimum absolute atomic E-state index is 0.00708. The van der Waals surface area contributed by atoms with Crippen molar-refractivity contribution in [3.8, 4) is 6.01 Å². The number of alkyl halides is 2. The molecule has 120 valence electrons. The quantitative estimate of drug-likeness (QED) is 0.671. The van der Waals surface area contributed by atoms with Crippen LogP contribution in [-0.2, 0) is 0 Å². The zero-order chi connectivity index (χ0) is 15.7. The minimum atomic E-state index is -2.56. The summed E-state index contributed by atoms with van der Waals surface area (Å²) in [5.74, 6) is 0.312. The molecule has 0 bridgehead atoms. The summed E-state index contributed by atoms with van der Waals surface area (Å²) in [7, 11) is 0. The lowest BCUT2D eigenvalue weighted by molar-refractivity contribution is 0.152. The van der Waals surface area contributed by atoms with Crippen LogP contribution < -0.4 is 15.0 Å². The van der Waals surface area contributed by atoms with E-state index in [-0.39, 0.29) is 31.1 Å². The molecule has 0 aliphatic carbocycles. The molecular formula is C12H21F2N5O2. The van der Waals surface area contributed by atoms with E-state index in [0.717, 1.165) is 6.42 Å². The maximum Gasteiger partial charge on any atom is 0.323 e. The van der Waals surface area contributed by atoms with Crippen molar-refractivity contribution in [2.75, 3.05) is 43.1 Å². The lowest BCUT2D eigenvalue weighted by Gasteiger charge is -2.21. The van der Waals surface area contributed by atoms with Crippen molar-refractivity contribution in [2.24, 2.45) is 0 Å². The average Bonchev–Trinajstić information content (AvgIpc) is 2.44. The second-order valence-corrected chi connectivity index (χ2v) is 4.18. The van der Waals surface area contributed by atoms with Crippen LogP contribution in [0.3, 0.4) is 0 Å². The first-order valence-corrected chi connectivity index (χ1v) is 6.87. The molecule has 0 amide bonds. The fourth-order valence-corrected chi connectivity index (χ4v) is 1.54. The predicted molar refractivity (Wildman–Crippen MR) is 75.1 cm³/mol. The number of hydrogen-bond acceptors (Lipinski definition) is 7. The van der Waals surface area contributed by atoms with Crippen molar-refractivity contribution in [3.05, 3.63) is 0 Å². The summed E-state index contributed by atoms with van der Waals surface area (Å²) in [6.45, 7) is 3.95. The van der Waals surface area contributed by atoms with Gasteiger partial charge in [-0.1, -0.05) is 6.92 Å².